The highest BCUT2D eigenvalue weighted by Gasteiger charge is 1.99. The van der Waals surface area contributed by atoms with E-state index < -0.39 is 6.03 Å². The quantitative estimate of drug-likeness (QED) is 0.653. The van der Waals surface area contributed by atoms with Gasteiger partial charge in [-0.25, -0.2) is 4.79 Å². The highest BCUT2D eigenvalue weighted by Crippen LogP contribution is 2.15. The van der Waals surface area contributed by atoms with Crippen molar-refractivity contribution < 1.29 is 4.79 Å². The van der Waals surface area contributed by atoms with Crippen LogP contribution < -0.4 is 11.1 Å². The first-order valence-corrected chi connectivity index (χ1v) is 3.73. The molecule has 3 nitrogen and oxygen atoms in total. The molecule has 3 heteroatoms. The summed E-state index contributed by atoms with van der Waals surface area (Å²) in [4.78, 5) is 10.5. The number of nitrogens with one attached hydrogen (secondary N) is 1. The maximum atomic E-state index is 10.5. The third-order valence-corrected chi connectivity index (χ3v) is 1.64. The van der Waals surface area contributed by atoms with Crippen LogP contribution in [0.2, 0.25) is 0 Å². The lowest BCUT2D eigenvalue weighted by Crippen LogP contribution is -2.19. The molecule has 0 radical (unpaired) electrons. The Labute approximate surface area is 71.6 Å². The summed E-state index contributed by atoms with van der Waals surface area (Å²) < 4.78 is 0. The molecule has 1 aromatic rings. The maximum absolute atomic E-state index is 10.5. The van der Waals surface area contributed by atoms with Gasteiger partial charge in [-0.1, -0.05) is 17.7 Å². The van der Waals surface area contributed by atoms with Crippen LogP contribution in [0.15, 0.2) is 18.2 Å². The summed E-state index contributed by atoms with van der Waals surface area (Å²) in [7, 11) is 0. The zero-order valence-corrected chi connectivity index (χ0v) is 7.22. The first-order chi connectivity index (χ1) is 5.59. The molecular formula is C9H12N2O. The number of carbonyl (C=O) groups excluding carboxylic acids is 1. The van der Waals surface area contributed by atoms with Gasteiger partial charge in [-0.05, 0) is 25.5 Å². The second-order valence-corrected chi connectivity index (χ2v) is 2.81. The number of primary amides is 1. The Kier molecular flexibility index (Phi) is 2.33. The Morgan fingerprint density at radius 2 is 2.08 bits per heavy atom. The summed E-state index contributed by atoms with van der Waals surface area (Å²) in [5, 5.41) is 2.54. The fourth-order valence-electron chi connectivity index (χ4n) is 1.09. The number of amides is 2. The summed E-state index contributed by atoms with van der Waals surface area (Å²) in [6.45, 7) is 3.93. The Bertz CT molecular complexity index is 307. The molecule has 0 atom stereocenters. The van der Waals surface area contributed by atoms with E-state index in [0.29, 0.717) is 0 Å². The molecule has 0 bridgehead atoms. The van der Waals surface area contributed by atoms with E-state index in [1.807, 2.05) is 32.0 Å². The van der Waals surface area contributed by atoms with Gasteiger partial charge in [0.25, 0.3) is 0 Å². The predicted molar refractivity (Wildman–Crippen MR) is 49.1 cm³/mol. The van der Waals surface area contributed by atoms with E-state index >= 15 is 0 Å². The smallest absolute Gasteiger partial charge is 0.316 e. The standard InChI is InChI=1S/C9H12N2O/c1-6-3-4-8(7(2)5-6)11-9(10)12/h3-5H,1-2H3,(H3,10,11,12). The van der Waals surface area contributed by atoms with Gasteiger partial charge in [-0.2, -0.15) is 0 Å². The zero-order chi connectivity index (χ0) is 9.14. The molecular weight excluding hydrogens is 152 g/mol. The monoisotopic (exact) mass is 164 g/mol. The van der Waals surface area contributed by atoms with Gasteiger partial charge < -0.3 is 11.1 Å². The molecule has 0 aromatic heterocycles. The summed E-state index contributed by atoms with van der Waals surface area (Å²) in [6, 6.07) is 5.24. The number of nitrogens with two attached hydrogens (primary N) is 1. The normalized spacial score (nSPS) is 9.50. The first-order valence-electron chi connectivity index (χ1n) is 3.73. The fourth-order valence-corrected chi connectivity index (χ4v) is 1.09. The minimum absolute atomic E-state index is 0.526. The van der Waals surface area contributed by atoms with E-state index in [1.165, 1.54) is 5.56 Å². The summed E-state index contributed by atoms with van der Waals surface area (Å²) in [6.07, 6.45) is 0. The van der Waals surface area contributed by atoms with Crippen LogP contribution in [-0.2, 0) is 0 Å². The van der Waals surface area contributed by atoms with E-state index in [0.717, 1.165) is 11.3 Å². The van der Waals surface area contributed by atoms with Crippen molar-refractivity contribution in [1.82, 2.24) is 0 Å². The van der Waals surface area contributed by atoms with Gasteiger partial charge >= 0.3 is 6.03 Å². The number of hydrogen-bond acceptors (Lipinski definition) is 1. The number of hydrogen-bond donors (Lipinski definition) is 2. The number of carbonyl (C=O) groups is 1. The summed E-state index contributed by atoms with van der Waals surface area (Å²) in [5.41, 5.74) is 7.94. The predicted octanol–water partition coefficient (Wildman–Crippen LogP) is 1.79. The van der Waals surface area contributed by atoms with Gasteiger partial charge in [0.15, 0.2) is 0 Å². The maximum Gasteiger partial charge on any atom is 0.316 e. The van der Waals surface area contributed by atoms with Crippen molar-refractivity contribution >= 4 is 11.7 Å². The van der Waals surface area contributed by atoms with Gasteiger partial charge in [0, 0.05) is 5.69 Å². The molecule has 1 aromatic carbocycles. The summed E-state index contributed by atoms with van der Waals surface area (Å²) in [5.74, 6) is 0. The molecule has 0 saturated heterocycles. The average Bonchev–Trinajstić information content (AvgIpc) is 1.94. The second-order valence-electron chi connectivity index (χ2n) is 2.81. The number of rotatable bonds is 1. The minimum atomic E-state index is -0.526. The van der Waals surface area contributed by atoms with Crippen molar-refractivity contribution in [1.29, 1.82) is 0 Å². The Morgan fingerprint density at radius 1 is 1.42 bits per heavy atom. The van der Waals surface area contributed by atoms with Crippen LogP contribution in [0.5, 0.6) is 0 Å². The van der Waals surface area contributed by atoms with Crippen molar-refractivity contribution in [2.75, 3.05) is 5.32 Å². The van der Waals surface area contributed by atoms with Gasteiger partial charge in [0.2, 0.25) is 0 Å². The van der Waals surface area contributed by atoms with Crippen LogP contribution in [-0.4, -0.2) is 6.03 Å². The van der Waals surface area contributed by atoms with E-state index in [1.54, 1.807) is 0 Å². The molecule has 0 aliphatic carbocycles. The number of aryl methyl sites for hydroxylation is 2. The second kappa shape index (κ2) is 3.26. The molecule has 0 spiro atoms. The van der Waals surface area contributed by atoms with Crippen LogP contribution in [0, 0.1) is 13.8 Å². The molecule has 0 aliphatic heterocycles. The Hall–Kier alpha value is -1.51. The molecule has 0 heterocycles. The Balaban J connectivity index is 2.93. The van der Waals surface area contributed by atoms with E-state index in [-0.39, 0.29) is 0 Å². The van der Waals surface area contributed by atoms with E-state index in [2.05, 4.69) is 5.32 Å². The van der Waals surface area contributed by atoms with Crippen LogP contribution in [0.25, 0.3) is 0 Å². The number of benzene rings is 1. The largest absolute Gasteiger partial charge is 0.351 e. The molecule has 0 saturated carbocycles. The lowest BCUT2D eigenvalue weighted by molar-refractivity contribution is 0.259. The average molecular weight is 164 g/mol. The minimum Gasteiger partial charge on any atom is -0.351 e. The van der Waals surface area contributed by atoms with Gasteiger partial charge in [0.05, 0.1) is 0 Å². The van der Waals surface area contributed by atoms with Crippen molar-refractivity contribution in [2.24, 2.45) is 5.73 Å². The number of urea groups is 1. The third-order valence-electron chi connectivity index (χ3n) is 1.64. The van der Waals surface area contributed by atoms with E-state index in [4.69, 9.17) is 5.73 Å². The molecule has 0 aliphatic rings. The van der Waals surface area contributed by atoms with Gasteiger partial charge in [-0.3, -0.25) is 0 Å². The molecule has 0 fully saturated rings. The zero-order valence-electron chi connectivity index (χ0n) is 7.22. The molecule has 12 heavy (non-hydrogen) atoms. The fraction of sp³-hybridized carbons (Fsp3) is 0.222. The molecule has 2 amide bonds. The van der Waals surface area contributed by atoms with Crippen LogP contribution in [0.3, 0.4) is 0 Å². The molecule has 3 N–H and O–H groups in total. The lowest BCUT2D eigenvalue weighted by Gasteiger charge is -2.05. The first kappa shape index (κ1) is 8.59. The summed E-state index contributed by atoms with van der Waals surface area (Å²) >= 11 is 0. The van der Waals surface area contributed by atoms with Crippen LogP contribution >= 0.6 is 0 Å². The number of anilines is 1. The Morgan fingerprint density at radius 3 is 2.58 bits per heavy atom. The van der Waals surface area contributed by atoms with Crippen LogP contribution in [0.1, 0.15) is 11.1 Å². The van der Waals surface area contributed by atoms with Gasteiger partial charge in [0.1, 0.15) is 0 Å². The lowest BCUT2D eigenvalue weighted by atomic mass is 10.1. The molecule has 0 unspecified atom stereocenters. The highest BCUT2D eigenvalue weighted by atomic mass is 16.2. The van der Waals surface area contributed by atoms with Gasteiger partial charge in [-0.15, -0.1) is 0 Å². The van der Waals surface area contributed by atoms with E-state index in [9.17, 15) is 4.79 Å². The van der Waals surface area contributed by atoms with Crippen molar-refractivity contribution in [2.45, 2.75) is 13.8 Å². The third kappa shape index (κ3) is 1.99. The van der Waals surface area contributed by atoms with Crippen molar-refractivity contribution in [3.05, 3.63) is 29.3 Å². The molecule has 1 rings (SSSR count). The van der Waals surface area contributed by atoms with Crippen molar-refractivity contribution in [3.8, 4) is 0 Å². The van der Waals surface area contributed by atoms with Crippen molar-refractivity contribution in [3.63, 3.8) is 0 Å². The van der Waals surface area contributed by atoms with Crippen LogP contribution in [0.4, 0.5) is 10.5 Å². The topological polar surface area (TPSA) is 55.1 Å². The highest BCUT2D eigenvalue weighted by molar-refractivity contribution is 5.88. The molecule has 64 valence electrons. The SMILES string of the molecule is Cc1ccc(NC(N)=O)c(C)c1.